The Hall–Kier alpha value is -3.52. The van der Waals surface area contributed by atoms with E-state index in [2.05, 4.69) is 36.9 Å². The van der Waals surface area contributed by atoms with Crippen molar-refractivity contribution in [1.29, 1.82) is 0 Å². The van der Waals surface area contributed by atoms with E-state index in [1.807, 2.05) is 6.92 Å². The highest BCUT2D eigenvalue weighted by Gasteiger charge is 2.30. The molecule has 0 atom stereocenters. The summed E-state index contributed by atoms with van der Waals surface area (Å²) >= 11 is 0. The molecule has 36 heavy (non-hydrogen) atoms. The third kappa shape index (κ3) is 5.33. The minimum absolute atomic E-state index is 0.149. The Kier molecular flexibility index (Phi) is 7.54. The SMILES string of the molecule is COc1ccc(N(CC(=O)N2CCN(c3cccc(C)c3C)CC2)S(=O)(=O)c2ccc(C)cc2)cc1. The van der Waals surface area contributed by atoms with Crippen LogP contribution in [0.5, 0.6) is 5.75 Å². The van der Waals surface area contributed by atoms with Crippen LogP contribution < -0.4 is 13.9 Å². The lowest BCUT2D eigenvalue weighted by Crippen LogP contribution is -2.52. The number of anilines is 2. The Bertz CT molecular complexity index is 1310. The maximum Gasteiger partial charge on any atom is 0.264 e. The molecule has 0 N–H and O–H groups in total. The number of amides is 1. The molecule has 8 heteroatoms. The molecule has 1 saturated heterocycles. The Morgan fingerprint density at radius 1 is 0.889 bits per heavy atom. The van der Waals surface area contributed by atoms with Crippen LogP contribution in [-0.2, 0) is 14.8 Å². The van der Waals surface area contributed by atoms with E-state index in [0.29, 0.717) is 37.6 Å². The highest BCUT2D eigenvalue weighted by Crippen LogP contribution is 2.27. The molecule has 0 unspecified atom stereocenters. The van der Waals surface area contributed by atoms with Gasteiger partial charge in [0.15, 0.2) is 0 Å². The molecule has 1 heterocycles. The molecule has 1 aliphatic heterocycles. The highest BCUT2D eigenvalue weighted by atomic mass is 32.2. The molecule has 0 radical (unpaired) electrons. The Balaban J connectivity index is 1.54. The third-order valence-corrected chi connectivity index (χ3v) is 8.59. The van der Waals surface area contributed by atoms with Crippen molar-refractivity contribution in [3.63, 3.8) is 0 Å². The number of rotatable bonds is 7. The van der Waals surface area contributed by atoms with Crippen molar-refractivity contribution in [1.82, 2.24) is 4.90 Å². The molecule has 0 aromatic heterocycles. The molecule has 1 fully saturated rings. The van der Waals surface area contributed by atoms with Crippen LogP contribution in [0.4, 0.5) is 11.4 Å². The molecule has 3 aromatic rings. The zero-order valence-electron chi connectivity index (χ0n) is 21.3. The van der Waals surface area contributed by atoms with Crippen molar-refractivity contribution in [2.75, 3.05) is 49.0 Å². The summed E-state index contributed by atoms with van der Waals surface area (Å²) in [5, 5.41) is 0. The van der Waals surface area contributed by atoms with Gasteiger partial charge in [0, 0.05) is 31.9 Å². The van der Waals surface area contributed by atoms with Gasteiger partial charge in [-0.1, -0.05) is 29.8 Å². The van der Waals surface area contributed by atoms with E-state index in [4.69, 9.17) is 4.74 Å². The second kappa shape index (κ2) is 10.6. The lowest BCUT2D eigenvalue weighted by Gasteiger charge is -2.38. The van der Waals surface area contributed by atoms with Crippen molar-refractivity contribution in [2.24, 2.45) is 0 Å². The van der Waals surface area contributed by atoms with Crippen LogP contribution in [0, 0.1) is 20.8 Å². The van der Waals surface area contributed by atoms with E-state index in [-0.39, 0.29) is 17.3 Å². The van der Waals surface area contributed by atoms with E-state index >= 15 is 0 Å². The van der Waals surface area contributed by atoms with Gasteiger partial charge in [0.2, 0.25) is 5.91 Å². The summed E-state index contributed by atoms with van der Waals surface area (Å²) in [5.74, 6) is 0.391. The molecule has 190 valence electrons. The normalized spacial score (nSPS) is 14.0. The van der Waals surface area contributed by atoms with Crippen molar-refractivity contribution in [3.8, 4) is 5.75 Å². The molecular weight excluding hydrogens is 474 g/mol. The number of aryl methyl sites for hydroxylation is 2. The Labute approximate surface area is 214 Å². The first-order valence-corrected chi connectivity index (χ1v) is 13.5. The van der Waals surface area contributed by atoms with Crippen LogP contribution in [0.1, 0.15) is 16.7 Å². The maximum absolute atomic E-state index is 13.6. The van der Waals surface area contributed by atoms with E-state index in [1.54, 1.807) is 60.5 Å². The number of benzene rings is 3. The van der Waals surface area contributed by atoms with Crippen LogP contribution in [0.25, 0.3) is 0 Å². The van der Waals surface area contributed by atoms with Gasteiger partial charge in [0.25, 0.3) is 10.0 Å². The average molecular weight is 508 g/mol. The van der Waals surface area contributed by atoms with Crippen molar-refractivity contribution < 1.29 is 17.9 Å². The number of carbonyl (C=O) groups is 1. The molecule has 0 aliphatic carbocycles. The first-order valence-electron chi connectivity index (χ1n) is 12.0. The number of sulfonamides is 1. The number of methoxy groups -OCH3 is 1. The zero-order chi connectivity index (χ0) is 25.9. The lowest BCUT2D eigenvalue weighted by atomic mass is 10.1. The van der Waals surface area contributed by atoms with Gasteiger partial charge in [-0.05, 0) is 74.4 Å². The quantitative estimate of drug-likeness (QED) is 0.480. The largest absolute Gasteiger partial charge is 0.497 e. The molecule has 1 amide bonds. The van der Waals surface area contributed by atoms with Gasteiger partial charge in [-0.25, -0.2) is 8.42 Å². The van der Waals surface area contributed by atoms with Crippen molar-refractivity contribution >= 4 is 27.3 Å². The van der Waals surface area contributed by atoms with Crippen LogP contribution in [-0.4, -0.2) is 59.1 Å². The second-order valence-electron chi connectivity index (χ2n) is 9.11. The molecule has 1 aliphatic rings. The van der Waals surface area contributed by atoms with E-state index in [9.17, 15) is 13.2 Å². The van der Waals surface area contributed by atoms with Gasteiger partial charge >= 0.3 is 0 Å². The monoisotopic (exact) mass is 507 g/mol. The Morgan fingerprint density at radius 2 is 1.53 bits per heavy atom. The summed E-state index contributed by atoms with van der Waals surface area (Å²) in [6, 6.07) is 19.6. The minimum atomic E-state index is -3.95. The van der Waals surface area contributed by atoms with Crippen molar-refractivity contribution in [2.45, 2.75) is 25.7 Å². The molecule has 0 saturated carbocycles. The second-order valence-corrected chi connectivity index (χ2v) is 11.0. The fraction of sp³-hybridized carbons (Fsp3) is 0.321. The van der Waals surface area contributed by atoms with E-state index in [0.717, 1.165) is 5.56 Å². The summed E-state index contributed by atoms with van der Waals surface area (Å²) in [5.41, 5.74) is 5.04. The topological polar surface area (TPSA) is 70.2 Å². The fourth-order valence-corrected chi connectivity index (χ4v) is 5.81. The van der Waals surface area contributed by atoms with Gasteiger partial charge in [-0.2, -0.15) is 0 Å². The number of carbonyl (C=O) groups excluding carboxylic acids is 1. The predicted octanol–water partition coefficient (Wildman–Crippen LogP) is 4.16. The van der Waals surface area contributed by atoms with E-state index < -0.39 is 10.0 Å². The van der Waals surface area contributed by atoms with Gasteiger partial charge in [-0.3, -0.25) is 9.10 Å². The minimum Gasteiger partial charge on any atom is -0.497 e. The van der Waals surface area contributed by atoms with Gasteiger partial charge < -0.3 is 14.5 Å². The summed E-state index contributed by atoms with van der Waals surface area (Å²) in [7, 11) is -2.40. The zero-order valence-corrected chi connectivity index (χ0v) is 22.1. The Morgan fingerprint density at radius 3 is 2.14 bits per heavy atom. The summed E-state index contributed by atoms with van der Waals surface area (Å²) < 4.78 is 33.7. The highest BCUT2D eigenvalue weighted by molar-refractivity contribution is 7.92. The number of nitrogens with zero attached hydrogens (tertiary/aromatic N) is 3. The summed E-state index contributed by atoms with van der Waals surface area (Å²) in [4.78, 5) is 17.6. The first-order chi connectivity index (χ1) is 17.2. The number of ether oxygens (including phenoxy) is 1. The first kappa shape index (κ1) is 25.6. The number of hydrogen-bond donors (Lipinski definition) is 0. The molecule has 3 aromatic carbocycles. The molecule has 0 bridgehead atoms. The summed E-state index contributed by atoms with van der Waals surface area (Å²) in [6.07, 6.45) is 0. The number of piperazine rings is 1. The number of hydrogen-bond acceptors (Lipinski definition) is 5. The lowest BCUT2D eigenvalue weighted by molar-refractivity contribution is -0.129. The van der Waals surface area contributed by atoms with Crippen LogP contribution >= 0.6 is 0 Å². The molecule has 7 nitrogen and oxygen atoms in total. The predicted molar refractivity (Wildman–Crippen MR) is 143 cm³/mol. The fourth-order valence-electron chi connectivity index (χ4n) is 4.40. The average Bonchev–Trinajstić information content (AvgIpc) is 2.89. The molecular formula is C28H33N3O4S. The van der Waals surface area contributed by atoms with E-state index in [1.165, 1.54) is 21.1 Å². The molecule has 0 spiro atoms. The van der Waals surface area contributed by atoms with Crippen LogP contribution in [0.3, 0.4) is 0 Å². The van der Waals surface area contributed by atoms with Crippen LogP contribution in [0.15, 0.2) is 71.6 Å². The standard InChI is InChI=1S/C28H33N3O4S/c1-21-8-14-26(15-9-21)36(33,34)31(24-10-12-25(35-4)13-11-24)20-28(32)30-18-16-29(17-19-30)27-7-5-6-22(2)23(27)3/h5-15H,16-20H2,1-4H3. The van der Waals surface area contributed by atoms with Gasteiger partial charge in [0.1, 0.15) is 12.3 Å². The maximum atomic E-state index is 13.6. The van der Waals surface area contributed by atoms with Crippen molar-refractivity contribution in [3.05, 3.63) is 83.4 Å². The summed E-state index contributed by atoms with van der Waals surface area (Å²) in [6.45, 7) is 8.31. The van der Waals surface area contributed by atoms with Gasteiger partial charge in [-0.15, -0.1) is 0 Å². The molecule has 4 rings (SSSR count). The smallest absolute Gasteiger partial charge is 0.264 e. The van der Waals surface area contributed by atoms with Gasteiger partial charge in [0.05, 0.1) is 17.7 Å². The van der Waals surface area contributed by atoms with Crippen LogP contribution in [0.2, 0.25) is 0 Å². The third-order valence-electron chi connectivity index (χ3n) is 6.80.